The first-order chi connectivity index (χ1) is 15.4. The number of ether oxygens (including phenoxy) is 1. The van der Waals surface area contributed by atoms with Crippen LogP contribution in [0, 0.1) is 11.2 Å². The van der Waals surface area contributed by atoms with Gasteiger partial charge in [0.05, 0.1) is 6.10 Å². The molecule has 0 radical (unpaired) electrons. The first kappa shape index (κ1) is 25.5. The third kappa shape index (κ3) is 7.42. The normalized spacial score (nSPS) is 16.6. The fourth-order valence-corrected chi connectivity index (χ4v) is 4.74. The van der Waals surface area contributed by atoms with Crippen LogP contribution >= 0.6 is 11.6 Å². The molecule has 1 unspecified atom stereocenters. The van der Waals surface area contributed by atoms with Gasteiger partial charge in [-0.1, -0.05) is 32.4 Å². The van der Waals surface area contributed by atoms with E-state index in [4.69, 9.17) is 20.5 Å². The Bertz CT molecular complexity index is 1080. The van der Waals surface area contributed by atoms with E-state index in [0.717, 1.165) is 37.1 Å². The molecule has 9 heteroatoms. The van der Waals surface area contributed by atoms with Gasteiger partial charge in [0.2, 0.25) is 5.91 Å². The van der Waals surface area contributed by atoms with E-state index < -0.39 is 15.9 Å². The second-order valence-corrected chi connectivity index (χ2v) is 11.4. The molecule has 2 aromatic rings. The van der Waals surface area contributed by atoms with E-state index in [-0.39, 0.29) is 34.6 Å². The summed E-state index contributed by atoms with van der Waals surface area (Å²) in [6.45, 7) is 7.12. The fraction of sp³-hybridized carbons (Fsp3) is 0.458. The Morgan fingerprint density at radius 2 is 1.91 bits per heavy atom. The Balaban J connectivity index is 1.88. The van der Waals surface area contributed by atoms with Crippen molar-refractivity contribution in [3.63, 3.8) is 0 Å². The van der Waals surface area contributed by atoms with Gasteiger partial charge in [0, 0.05) is 36.7 Å². The SMILES string of the molecule is CC(C)(C)CC(=O)N(Cc1cc(Cl)ccc1OS(=O)(=O)c1ccc(F)cc1)CC1CCCO1. The van der Waals surface area contributed by atoms with Crippen molar-refractivity contribution >= 4 is 27.6 Å². The van der Waals surface area contributed by atoms with Crippen LogP contribution < -0.4 is 4.18 Å². The van der Waals surface area contributed by atoms with Crippen LogP contribution in [0.5, 0.6) is 5.75 Å². The maximum atomic E-state index is 13.2. The molecule has 6 nitrogen and oxygen atoms in total. The number of benzene rings is 2. The number of rotatable bonds is 8. The van der Waals surface area contributed by atoms with Crippen LogP contribution in [0.4, 0.5) is 4.39 Å². The van der Waals surface area contributed by atoms with Crippen molar-refractivity contribution in [2.75, 3.05) is 13.2 Å². The van der Waals surface area contributed by atoms with Crippen LogP contribution in [-0.4, -0.2) is 38.5 Å². The first-order valence-corrected chi connectivity index (χ1v) is 12.6. The summed E-state index contributed by atoms with van der Waals surface area (Å²) >= 11 is 6.19. The van der Waals surface area contributed by atoms with Crippen LogP contribution in [0.3, 0.4) is 0 Å². The van der Waals surface area contributed by atoms with Gasteiger partial charge in [0.15, 0.2) is 0 Å². The van der Waals surface area contributed by atoms with Gasteiger partial charge in [-0.05, 0) is 60.7 Å². The molecule has 2 aromatic carbocycles. The summed E-state index contributed by atoms with van der Waals surface area (Å²) in [5, 5.41) is 0.386. The Morgan fingerprint density at radius 1 is 1.21 bits per heavy atom. The lowest BCUT2D eigenvalue weighted by molar-refractivity contribution is -0.135. The minimum Gasteiger partial charge on any atom is -0.379 e. The van der Waals surface area contributed by atoms with Gasteiger partial charge < -0.3 is 13.8 Å². The third-order valence-electron chi connectivity index (χ3n) is 5.17. The van der Waals surface area contributed by atoms with Crippen LogP contribution in [0.25, 0.3) is 0 Å². The Labute approximate surface area is 199 Å². The molecule has 0 spiro atoms. The van der Waals surface area contributed by atoms with E-state index >= 15 is 0 Å². The molecule has 1 amide bonds. The van der Waals surface area contributed by atoms with Gasteiger partial charge in [-0.15, -0.1) is 0 Å². The predicted molar refractivity (Wildman–Crippen MR) is 124 cm³/mol. The van der Waals surface area contributed by atoms with Gasteiger partial charge in [0.25, 0.3) is 0 Å². The van der Waals surface area contributed by atoms with Crippen LogP contribution in [0.15, 0.2) is 47.4 Å². The van der Waals surface area contributed by atoms with Crippen molar-refractivity contribution in [2.45, 2.75) is 57.6 Å². The van der Waals surface area contributed by atoms with Gasteiger partial charge in [-0.3, -0.25) is 4.79 Å². The zero-order valence-corrected chi connectivity index (χ0v) is 20.6. The van der Waals surface area contributed by atoms with Crippen molar-refractivity contribution in [3.05, 3.63) is 58.9 Å². The maximum absolute atomic E-state index is 13.2. The largest absolute Gasteiger partial charge is 0.379 e. The molecule has 0 aromatic heterocycles. The highest BCUT2D eigenvalue weighted by atomic mass is 35.5. The number of hydrogen-bond donors (Lipinski definition) is 0. The molecular weight excluding hydrogens is 469 g/mol. The summed E-state index contributed by atoms with van der Waals surface area (Å²) in [6.07, 6.45) is 2.05. The average Bonchev–Trinajstić information content (AvgIpc) is 3.21. The lowest BCUT2D eigenvalue weighted by atomic mass is 9.91. The first-order valence-electron chi connectivity index (χ1n) is 10.8. The van der Waals surface area contributed by atoms with Crippen LogP contribution in [0.1, 0.15) is 45.6 Å². The van der Waals surface area contributed by atoms with Crippen molar-refractivity contribution in [3.8, 4) is 5.75 Å². The molecule has 33 heavy (non-hydrogen) atoms. The number of carbonyl (C=O) groups excluding carboxylic acids is 1. The predicted octanol–water partition coefficient (Wildman–Crippen LogP) is 5.19. The molecule has 180 valence electrons. The van der Waals surface area contributed by atoms with Gasteiger partial charge >= 0.3 is 10.1 Å². The molecule has 0 saturated carbocycles. The molecule has 1 atom stereocenters. The molecule has 1 saturated heterocycles. The van der Waals surface area contributed by atoms with E-state index in [2.05, 4.69) is 0 Å². The van der Waals surface area contributed by atoms with E-state index in [1.165, 1.54) is 12.1 Å². The highest BCUT2D eigenvalue weighted by Gasteiger charge is 2.27. The number of hydrogen-bond acceptors (Lipinski definition) is 5. The zero-order chi connectivity index (χ0) is 24.2. The summed E-state index contributed by atoms with van der Waals surface area (Å²) < 4.78 is 49.8. The van der Waals surface area contributed by atoms with Gasteiger partial charge in [-0.25, -0.2) is 4.39 Å². The van der Waals surface area contributed by atoms with E-state index in [9.17, 15) is 17.6 Å². The fourth-order valence-electron chi connectivity index (χ4n) is 3.58. The third-order valence-corrected chi connectivity index (χ3v) is 6.65. The lowest BCUT2D eigenvalue weighted by Gasteiger charge is -2.29. The summed E-state index contributed by atoms with van der Waals surface area (Å²) in [5.41, 5.74) is 0.235. The Kier molecular flexibility index (Phi) is 8.03. The number of halogens is 2. The monoisotopic (exact) mass is 497 g/mol. The Morgan fingerprint density at radius 3 is 2.52 bits per heavy atom. The number of nitrogens with zero attached hydrogens (tertiary/aromatic N) is 1. The summed E-state index contributed by atoms with van der Waals surface area (Å²) in [4.78, 5) is 14.6. The molecule has 1 aliphatic rings. The topological polar surface area (TPSA) is 72.9 Å². The number of amides is 1. The standard InChI is InChI=1S/C24H29ClFNO5S/c1-24(2,3)14-23(28)27(16-20-5-4-12-31-20)15-17-13-18(25)6-11-22(17)32-33(29,30)21-9-7-19(26)8-10-21/h6-11,13,20H,4-5,12,14-16H2,1-3H3. The second-order valence-electron chi connectivity index (χ2n) is 9.39. The van der Waals surface area contributed by atoms with Crippen molar-refractivity contribution < 1.29 is 26.5 Å². The lowest BCUT2D eigenvalue weighted by Crippen LogP contribution is -2.38. The van der Waals surface area contributed by atoms with Crippen molar-refractivity contribution in [1.29, 1.82) is 0 Å². The van der Waals surface area contributed by atoms with E-state index in [1.807, 2.05) is 20.8 Å². The molecule has 1 aliphatic heterocycles. The molecule has 1 fully saturated rings. The summed E-state index contributed by atoms with van der Waals surface area (Å²) in [5.74, 6) is -0.557. The van der Waals surface area contributed by atoms with E-state index in [1.54, 1.807) is 11.0 Å². The Hall–Kier alpha value is -2.16. The molecular formula is C24H29ClFNO5S. The van der Waals surface area contributed by atoms with Gasteiger partial charge in [0.1, 0.15) is 16.5 Å². The van der Waals surface area contributed by atoms with Crippen molar-refractivity contribution in [2.24, 2.45) is 5.41 Å². The highest BCUT2D eigenvalue weighted by molar-refractivity contribution is 7.87. The summed E-state index contributed by atoms with van der Waals surface area (Å²) in [6, 6.07) is 8.93. The van der Waals surface area contributed by atoms with Crippen LogP contribution in [-0.2, 0) is 26.2 Å². The highest BCUT2D eigenvalue weighted by Crippen LogP contribution is 2.29. The quantitative estimate of drug-likeness (QED) is 0.469. The minimum atomic E-state index is -4.21. The van der Waals surface area contributed by atoms with Gasteiger partial charge in [-0.2, -0.15) is 8.42 Å². The molecule has 3 rings (SSSR count). The van der Waals surface area contributed by atoms with E-state index in [0.29, 0.717) is 30.2 Å². The maximum Gasteiger partial charge on any atom is 0.339 e. The minimum absolute atomic E-state index is 0.0598. The van der Waals surface area contributed by atoms with Crippen molar-refractivity contribution in [1.82, 2.24) is 4.90 Å². The average molecular weight is 498 g/mol. The van der Waals surface area contributed by atoms with Crippen LogP contribution in [0.2, 0.25) is 5.02 Å². The molecule has 0 bridgehead atoms. The molecule has 0 N–H and O–H groups in total. The molecule has 0 aliphatic carbocycles. The smallest absolute Gasteiger partial charge is 0.339 e. The molecule has 1 heterocycles. The number of carbonyl (C=O) groups is 1. The summed E-state index contributed by atoms with van der Waals surface area (Å²) in [7, 11) is -4.21. The zero-order valence-electron chi connectivity index (χ0n) is 19.0. The second kappa shape index (κ2) is 10.4.